The average Bonchev–Trinajstić information content (AvgIpc) is 3.21. The van der Waals surface area contributed by atoms with Crippen molar-refractivity contribution in [3.8, 4) is 11.5 Å². The van der Waals surface area contributed by atoms with Crippen LogP contribution in [0.2, 0.25) is 5.02 Å². The van der Waals surface area contributed by atoms with Crippen LogP contribution in [0.25, 0.3) is 11.0 Å². The van der Waals surface area contributed by atoms with Crippen LogP contribution in [-0.4, -0.2) is 35.2 Å². The number of fused-ring (bicyclic) bond motifs is 1. The topological polar surface area (TPSA) is 65.4 Å². The highest BCUT2D eigenvalue weighted by Gasteiger charge is 2.11. The number of nitrogens with zero attached hydrogens (tertiary/aromatic N) is 2. The third-order valence-corrected chi connectivity index (χ3v) is 5.97. The van der Waals surface area contributed by atoms with Crippen molar-refractivity contribution in [1.29, 1.82) is 0 Å². The molecule has 0 saturated carbocycles. The van der Waals surface area contributed by atoms with Gasteiger partial charge in [-0.2, -0.15) is 0 Å². The number of imidazole rings is 1. The molecule has 0 saturated heterocycles. The summed E-state index contributed by atoms with van der Waals surface area (Å²) in [6.07, 6.45) is 1.45. The summed E-state index contributed by atoms with van der Waals surface area (Å²) in [5.41, 5.74) is 4.14. The van der Waals surface area contributed by atoms with Crippen LogP contribution in [0.4, 0.5) is 0 Å². The van der Waals surface area contributed by atoms with Crippen molar-refractivity contribution in [2.45, 2.75) is 33.2 Å². The number of para-hydroxylation sites is 2. The molecule has 0 aliphatic rings. The Morgan fingerprint density at radius 2 is 1.83 bits per heavy atom. The molecule has 1 amide bonds. The number of benzene rings is 3. The first kappa shape index (κ1) is 24.6. The number of nitrogens with one attached hydrogen (secondary N) is 1. The summed E-state index contributed by atoms with van der Waals surface area (Å²) < 4.78 is 13.8. The van der Waals surface area contributed by atoms with Crippen LogP contribution in [0.5, 0.6) is 11.5 Å². The Morgan fingerprint density at radius 3 is 2.66 bits per heavy atom. The van der Waals surface area contributed by atoms with Crippen molar-refractivity contribution >= 4 is 28.5 Å². The third-order valence-electron chi connectivity index (χ3n) is 5.72. The normalized spacial score (nSPS) is 10.9. The van der Waals surface area contributed by atoms with Crippen LogP contribution in [0.3, 0.4) is 0 Å². The molecule has 0 spiro atoms. The van der Waals surface area contributed by atoms with Crippen LogP contribution in [0.1, 0.15) is 23.4 Å². The van der Waals surface area contributed by atoms with Gasteiger partial charge in [0.25, 0.3) is 5.91 Å². The van der Waals surface area contributed by atoms with E-state index in [0.29, 0.717) is 24.6 Å². The van der Waals surface area contributed by atoms with Gasteiger partial charge in [-0.1, -0.05) is 35.9 Å². The second kappa shape index (κ2) is 11.8. The molecule has 7 heteroatoms. The molecule has 0 unspecified atom stereocenters. The number of halogens is 1. The van der Waals surface area contributed by atoms with Crippen molar-refractivity contribution < 1.29 is 14.3 Å². The number of hydrogen-bond donors (Lipinski definition) is 1. The van der Waals surface area contributed by atoms with E-state index in [4.69, 9.17) is 26.1 Å². The van der Waals surface area contributed by atoms with Crippen molar-refractivity contribution in [3.05, 3.63) is 88.7 Å². The standard InChI is InChI=1S/C28H30ClN3O3/c1-20-8-9-21(2)26(18-20)35-19-28(33)30-15-14-27-31-24-6-3-4-7-25(24)32(27)16-5-17-34-23-12-10-22(29)11-13-23/h3-4,6-13,18H,5,14-17,19H2,1-2H3,(H,30,33). The lowest BCUT2D eigenvalue weighted by molar-refractivity contribution is -0.123. The van der Waals surface area contributed by atoms with E-state index in [2.05, 4.69) is 16.0 Å². The number of hydrogen-bond acceptors (Lipinski definition) is 4. The Balaban J connectivity index is 1.30. The first-order valence-corrected chi connectivity index (χ1v) is 12.2. The van der Waals surface area contributed by atoms with Gasteiger partial charge in [-0.15, -0.1) is 0 Å². The number of aromatic nitrogens is 2. The Morgan fingerprint density at radius 1 is 1.03 bits per heavy atom. The summed E-state index contributed by atoms with van der Waals surface area (Å²) in [4.78, 5) is 17.1. The van der Waals surface area contributed by atoms with Gasteiger partial charge in [0.2, 0.25) is 0 Å². The fraction of sp³-hybridized carbons (Fsp3) is 0.286. The fourth-order valence-electron chi connectivity index (χ4n) is 3.88. The van der Waals surface area contributed by atoms with Gasteiger partial charge in [-0.3, -0.25) is 4.79 Å². The number of aryl methyl sites for hydroxylation is 3. The molecule has 6 nitrogen and oxygen atoms in total. The summed E-state index contributed by atoms with van der Waals surface area (Å²) in [6.45, 7) is 5.80. The maximum absolute atomic E-state index is 12.3. The van der Waals surface area contributed by atoms with Gasteiger partial charge in [0, 0.05) is 24.5 Å². The van der Waals surface area contributed by atoms with Crippen LogP contribution >= 0.6 is 11.6 Å². The highest BCUT2D eigenvalue weighted by Crippen LogP contribution is 2.20. The second-order valence-electron chi connectivity index (χ2n) is 8.48. The van der Waals surface area contributed by atoms with Crippen LogP contribution in [0.15, 0.2) is 66.7 Å². The molecule has 0 aliphatic carbocycles. The predicted molar refractivity (Wildman–Crippen MR) is 139 cm³/mol. The lowest BCUT2D eigenvalue weighted by atomic mass is 10.1. The van der Waals surface area contributed by atoms with Gasteiger partial charge >= 0.3 is 0 Å². The van der Waals surface area contributed by atoms with Gasteiger partial charge < -0.3 is 19.4 Å². The molecule has 35 heavy (non-hydrogen) atoms. The van der Waals surface area contributed by atoms with Crippen molar-refractivity contribution in [2.24, 2.45) is 0 Å². The Bertz CT molecular complexity index is 1280. The largest absolute Gasteiger partial charge is 0.494 e. The molecular weight excluding hydrogens is 462 g/mol. The van der Waals surface area contributed by atoms with Crippen LogP contribution in [-0.2, 0) is 17.8 Å². The molecule has 0 fully saturated rings. The van der Waals surface area contributed by atoms with Crippen LogP contribution < -0.4 is 14.8 Å². The van der Waals surface area contributed by atoms with Crippen molar-refractivity contribution in [1.82, 2.24) is 14.9 Å². The summed E-state index contributed by atoms with van der Waals surface area (Å²) in [5, 5.41) is 3.64. The maximum atomic E-state index is 12.3. The fourth-order valence-corrected chi connectivity index (χ4v) is 4.01. The first-order chi connectivity index (χ1) is 17.0. The molecular formula is C28H30ClN3O3. The molecule has 0 radical (unpaired) electrons. The lowest BCUT2D eigenvalue weighted by Crippen LogP contribution is -2.31. The summed E-state index contributed by atoms with van der Waals surface area (Å²) in [6, 6.07) is 21.4. The van der Waals surface area contributed by atoms with E-state index in [1.165, 1.54) is 0 Å². The minimum Gasteiger partial charge on any atom is -0.494 e. The quantitative estimate of drug-likeness (QED) is 0.281. The molecule has 0 bridgehead atoms. The van der Waals surface area contributed by atoms with E-state index in [1.54, 1.807) is 0 Å². The summed E-state index contributed by atoms with van der Waals surface area (Å²) in [5.74, 6) is 2.33. The Kier molecular flexibility index (Phi) is 8.27. The predicted octanol–water partition coefficient (Wildman–Crippen LogP) is 5.51. The van der Waals surface area contributed by atoms with E-state index in [0.717, 1.165) is 52.4 Å². The summed E-state index contributed by atoms with van der Waals surface area (Å²) in [7, 11) is 0. The highest BCUT2D eigenvalue weighted by molar-refractivity contribution is 6.30. The van der Waals surface area contributed by atoms with Gasteiger partial charge in [0.1, 0.15) is 17.3 Å². The monoisotopic (exact) mass is 491 g/mol. The van der Waals surface area contributed by atoms with Crippen molar-refractivity contribution in [3.63, 3.8) is 0 Å². The molecule has 3 aromatic carbocycles. The average molecular weight is 492 g/mol. The highest BCUT2D eigenvalue weighted by atomic mass is 35.5. The van der Waals surface area contributed by atoms with E-state index in [9.17, 15) is 4.79 Å². The molecule has 1 aromatic heterocycles. The molecule has 1 N–H and O–H groups in total. The zero-order chi connectivity index (χ0) is 24.6. The number of ether oxygens (including phenoxy) is 2. The van der Waals surface area contributed by atoms with Gasteiger partial charge in [-0.25, -0.2) is 4.98 Å². The number of carbonyl (C=O) groups excluding carboxylic acids is 1. The molecule has 4 aromatic rings. The van der Waals surface area contributed by atoms with Gasteiger partial charge in [0.05, 0.1) is 17.6 Å². The first-order valence-electron chi connectivity index (χ1n) is 11.8. The molecule has 4 rings (SSSR count). The summed E-state index contributed by atoms with van der Waals surface area (Å²) >= 11 is 5.93. The van der Waals surface area contributed by atoms with Crippen LogP contribution in [0, 0.1) is 13.8 Å². The minimum atomic E-state index is -0.148. The zero-order valence-corrected chi connectivity index (χ0v) is 20.8. The minimum absolute atomic E-state index is 0.0112. The van der Waals surface area contributed by atoms with E-state index < -0.39 is 0 Å². The molecule has 0 aliphatic heterocycles. The maximum Gasteiger partial charge on any atom is 0.257 e. The van der Waals surface area contributed by atoms with Crippen molar-refractivity contribution in [2.75, 3.05) is 19.8 Å². The third kappa shape index (κ3) is 6.76. The van der Waals surface area contributed by atoms with E-state index in [-0.39, 0.29) is 12.5 Å². The van der Waals surface area contributed by atoms with E-state index >= 15 is 0 Å². The number of rotatable bonds is 11. The number of carbonyl (C=O) groups is 1. The van der Waals surface area contributed by atoms with Gasteiger partial charge in [-0.05, 0) is 73.9 Å². The SMILES string of the molecule is Cc1ccc(C)c(OCC(=O)NCCc2nc3ccccc3n2CCCOc2ccc(Cl)cc2)c1. The van der Waals surface area contributed by atoms with Gasteiger partial charge in [0.15, 0.2) is 6.61 Å². The number of amides is 1. The Labute approximate surface area is 210 Å². The molecule has 0 atom stereocenters. The zero-order valence-electron chi connectivity index (χ0n) is 20.1. The molecule has 1 heterocycles. The Hall–Kier alpha value is -3.51. The smallest absolute Gasteiger partial charge is 0.257 e. The van der Waals surface area contributed by atoms with E-state index in [1.807, 2.05) is 74.5 Å². The second-order valence-corrected chi connectivity index (χ2v) is 8.92. The lowest BCUT2D eigenvalue weighted by Gasteiger charge is -2.12. The molecule has 182 valence electrons.